The zero-order chi connectivity index (χ0) is 34.3. The number of rotatable bonds is 7. The number of hydrogen-bond acceptors (Lipinski definition) is 9. The van der Waals surface area contributed by atoms with E-state index in [1.165, 1.54) is 18.3 Å². The van der Waals surface area contributed by atoms with E-state index in [9.17, 15) is 15.2 Å². The largest absolute Gasteiger partial charge is 0.508 e. The molecule has 0 saturated carbocycles. The predicted octanol–water partition coefficient (Wildman–Crippen LogP) is 5.48. The van der Waals surface area contributed by atoms with E-state index in [-0.39, 0.29) is 41.0 Å². The summed E-state index contributed by atoms with van der Waals surface area (Å²) in [5, 5.41) is 25.3. The van der Waals surface area contributed by atoms with Crippen molar-refractivity contribution in [2.45, 2.75) is 57.0 Å². The Hall–Kier alpha value is -5.26. The maximum Gasteiger partial charge on any atom is 0.319 e. The molecule has 4 aromatic rings. The average Bonchev–Trinajstić information content (AvgIpc) is 3.65. The number of ether oxygens (including phenoxy) is 1. The van der Waals surface area contributed by atoms with Gasteiger partial charge in [0, 0.05) is 35.8 Å². The number of carbonyl (C=O) groups is 1. The van der Waals surface area contributed by atoms with Crippen LogP contribution in [0.15, 0.2) is 49.2 Å². The highest BCUT2D eigenvalue weighted by atomic mass is 19.1. The van der Waals surface area contributed by atoms with Crippen molar-refractivity contribution in [2.24, 2.45) is 5.41 Å². The van der Waals surface area contributed by atoms with Crippen LogP contribution in [0.2, 0.25) is 0 Å². The summed E-state index contributed by atoms with van der Waals surface area (Å²) in [5.74, 6) is 1.92. The first kappa shape index (κ1) is 32.3. The van der Waals surface area contributed by atoms with E-state index in [0.717, 1.165) is 38.8 Å². The van der Waals surface area contributed by atoms with Gasteiger partial charge in [-0.2, -0.15) is 15.2 Å². The number of aromatic nitrogens is 3. The van der Waals surface area contributed by atoms with Gasteiger partial charge in [-0.25, -0.2) is 4.39 Å². The fraction of sp³-hybridized carbons (Fsp3) is 0.395. The van der Waals surface area contributed by atoms with Crippen molar-refractivity contribution in [1.82, 2.24) is 25.2 Å². The lowest BCUT2D eigenvalue weighted by atomic mass is 9.80. The topological polar surface area (TPSA) is 128 Å². The van der Waals surface area contributed by atoms with Gasteiger partial charge >= 0.3 is 6.01 Å². The molecular formula is C38H38FN7O3. The molecule has 250 valence electrons. The first-order valence-electron chi connectivity index (χ1n) is 16.7. The molecule has 2 atom stereocenters. The molecule has 3 aliphatic heterocycles. The Balaban J connectivity index is 1.38. The van der Waals surface area contributed by atoms with Crippen LogP contribution in [0.25, 0.3) is 32.9 Å². The van der Waals surface area contributed by atoms with Crippen molar-refractivity contribution < 1.29 is 19.0 Å². The maximum absolute atomic E-state index is 17.0. The molecule has 2 N–H and O–H groups in total. The molecule has 10 nitrogen and oxygen atoms in total. The Morgan fingerprint density at radius 1 is 1.22 bits per heavy atom. The summed E-state index contributed by atoms with van der Waals surface area (Å²) in [6.07, 6.45) is 13.9. The molecule has 2 aromatic carbocycles. The molecule has 5 heterocycles. The van der Waals surface area contributed by atoms with Crippen molar-refractivity contribution in [1.29, 1.82) is 5.26 Å². The highest BCUT2D eigenvalue weighted by Crippen LogP contribution is 2.41. The number of terminal acetylenes is 1. The molecular weight excluding hydrogens is 621 g/mol. The number of fused-ring (bicyclic) bond motifs is 3. The number of nitriles is 1. The maximum atomic E-state index is 17.0. The second-order valence-electron chi connectivity index (χ2n) is 13.6. The number of carbonyl (C=O) groups excluding carboxylic acids is 1. The van der Waals surface area contributed by atoms with Gasteiger partial charge in [-0.3, -0.25) is 14.7 Å². The summed E-state index contributed by atoms with van der Waals surface area (Å²) in [6.45, 7) is 8.58. The summed E-state index contributed by atoms with van der Waals surface area (Å²) in [7, 11) is 0. The zero-order valence-corrected chi connectivity index (χ0v) is 27.5. The Bertz CT molecular complexity index is 2060. The summed E-state index contributed by atoms with van der Waals surface area (Å²) in [6, 6.07) is 10.3. The first-order chi connectivity index (χ1) is 23.7. The monoisotopic (exact) mass is 659 g/mol. The molecule has 7 rings (SSSR count). The lowest BCUT2D eigenvalue weighted by molar-refractivity contribution is -0.117. The minimum atomic E-state index is -0.856. The van der Waals surface area contributed by atoms with E-state index in [2.05, 4.69) is 38.8 Å². The van der Waals surface area contributed by atoms with Crippen LogP contribution in [-0.2, 0) is 4.79 Å². The third-order valence-corrected chi connectivity index (χ3v) is 10.6. The minimum absolute atomic E-state index is 0.00542. The second kappa shape index (κ2) is 12.6. The molecule has 49 heavy (non-hydrogen) atoms. The average molecular weight is 660 g/mol. The van der Waals surface area contributed by atoms with Crippen molar-refractivity contribution in [3.8, 4) is 41.4 Å². The summed E-state index contributed by atoms with van der Waals surface area (Å²) in [4.78, 5) is 31.0. The van der Waals surface area contributed by atoms with Crippen LogP contribution in [0.4, 0.5) is 10.2 Å². The molecule has 11 heteroatoms. The quantitative estimate of drug-likeness (QED) is 0.196. The van der Waals surface area contributed by atoms with Crippen LogP contribution < -0.4 is 15.0 Å². The van der Waals surface area contributed by atoms with Crippen LogP contribution >= 0.6 is 0 Å². The normalized spacial score (nSPS) is 21.9. The van der Waals surface area contributed by atoms with Crippen LogP contribution in [0.3, 0.4) is 0 Å². The Kier molecular flexibility index (Phi) is 8.33. The van der Waals surface area contributed by atoms with Crippen LogP contribution in [0, 0.1) is 34.9 Å². The summed E-state index contributed by atoms with van der Waals surface area (Å²) >= 11 is 0. The Morgan fingerprint density at radius 2 is 2.00 bits per heavy atom. The number of phenolic OH excluding ortho intramolecular Hbond substituents is 1. The van der Waals surface area contributed by atoms with Gasteiger partial charge in [-0.15, -0.1) is 6.42 Å². The number of aromatic hydroxyl groups is 1. The molecule has 0 radical (unpaired) electrons. The minimum Gasteiger partial charge on any atom is -0.508 e. The number of hydrogen-bond donors (Lipinski definition) is 2. The number of pyridine rings is 1. The Morgan fingerprint density at radius 3 is 2.73 bits per heavy atom. The van der Waals surface area contributed by atoms with Crippen molar-refractivity contribution >= 4 is 33.4 Å². The molecule has 3 aliphatic rings. The van der Waals surface area contributed by atoms with Gasteiger partial charge in [0.05, 0.1) is 28.5 Å². The van der Waals surface area contributed by atoms with Gasteiger partial charge in [0.25, 0.3) is 0 Å². The third-order valence-electron chi connectivity index (χ3n) is 10.6. The van der Waals surface area contributed by atoms with E-state index in [1.54, 1.807) is 24.3 Å². The van der Waals surface area contributed by atoms with Gasteiger partial charge in [0.15, 0.2) is 5.82 Å². The molecule has 2 aromatic heterocycles. The summed E-state index contributed by atoms with van der Waals surface area (Å²) < 4.78 is 23.4. The number of nitrogens with zero attached hydrogens (tertiary/aromatic N) is 6. The lowest BCUT2D eigenvalue weighted by Crippen LogP contribution is -2.50. The molecule has 0 spiro atoms. The van der Waals surface area contributed by atoms with Crippen LogP contribution in [0.5, 0.6) is 11.8 Å². The predicted molar refractivity (Wildman–Crippen MR) is 185 cm³/mol. The van der Waals surface area contributed by atoms with E-state index in [1.807, 2.05) is 11.8 Å². The Labute approximate surface area is 284 Å². The second-order valence-corrected chi connectivity index (χ2v) is 13.6. The molecule has 0 bridgehead atoms. The first-order valence-corrected chi connectivity index (χ1v) is 16.7. The van der Waals surface area contributed by atoms with Crippen LogP contribution in [0.1, 0.15) is 51.0 Å². The van der Waals surface area contributed by atoms with E-state index in [0.29, 0.717) is 59.1 Å². The van der Waals surface area contributed by atoms with E-state index in [4.69, 9.17) is 16.1 Å². The van der Waals surface area contributed by atoms with Crippen molar-refractivity contribution in [3.05, 3.63) is 60.6 Å². The SMILES string of the molecule is C#Cc1cccc2cc(O)cc(-c3ncc4c(N5CCC[C@](C)(C#N)[C@@H](NC(=O)C=C)C5)nc(OCC56CCCN5CCC6)nc4c3F)c12. The number of benzene rings is 2. The smallest absolute Gasteiger partial charge is 0.319 e. The van der Waals surface area contributed by atoms with E-state index < -0.39 is 17.3 Å². The number of phenols is 1. The molecule has 1 amide bonds. The highest BCUT2D eigenvalue weighted by Gasteiger charge is 2.45. The zero-order valence-electron chi connectivity index (χ0n) is 27.5. The third kappa shape index (κ3) is 5.68. The molecule has 3 fully saturated rings. The molecule has 3 saturated heterocycles. The van der Waals surface area contributed by atoms with E-state index >= 15 is 4.39 Å². The van der Waals surface area contributed by atoms with Gasteiger partial charge in [0.2, 0.25) is 5.91 Å². The fourth-order valence-corrected chi connectivity index (χ4v) is 7.98. The van der Waals surface area contributed by atoms with Crippen molar-refractivity contribution in [2.75, 3.05) is 37.7 Å². The molecule has 0 aliphatic carbocycles. The number of halogens is 1. The highest BCUT2D eigenvalue weighted by molar-refractivity contribution is 6.02. The number of nitrogens with one attached hydrogen (secondary N) is 1. The van der Waals surface area contributed by atoms with Gasteiger partial charge < -0.3 is 20.1 Å². The summed E-state index contributed by atoms with van der Waals surface area (Å²) in [5.41, 5.74) is -0.0908. The fourth-order valence-electron chi connectivity index (χ4n) is 7.98. The van der Waals surface area contributed by atoms with Gasteiger partial charge in [-0.05, 0) is 88.2 Å². The van der Waals surface area contributed by atoms with Crippen molar-refractivity contribution in [3.63, 3.8) is 0 Å². The van der Waals surface area contributed by atoms with Gasteiger partial charge in [-0.1, -0.05) is 24.6 Å². The number of anilines is 1. The van der Waals surface area contributed by atoms with Gasteiger partial charge in [0.1, 0.15) is 29.4 Å². The molecule has 0 unspecified atom stereocenters. The lowest BCUT2D eigenvalue weighted by Gasteiger charge is -2.33. The number of amides is 1. The van der Waals surface area contributed by atoms with Crippen LogP contribution in [-0.4, -0.2) is 75.2 Å². The standard InChI is InChI=1S/C38H38FN7O3/c1-4-24-10-6-11-25-18-26(47)19-27(31(24)25)33-32(39)34-28(20-41-33)35(44-36(43-34)49-23-38-13-8-16-46(38)17-9-14-38)45-15-7-12-37(3,22-40)29(21-45)42-30(48)5-2/h1,5-6,10-11,18-20,29,47H,2,7-9,12-17,21,23H2,3H3,(H,42,48)/t29-,37+/m0/s1.